The van der Waals surface area contributed by atoms with Gasteiger partial charge in [0.15, 0.2) is 0 Å². The molecule has 6 nitrogen and oxygen atoms in total. The van der Waals surface area contributed by atoms with E-state index in [1.54, 1.807) is 17.9 Å². The molecule has 0 unspecified atom stereocenters. The number of carbonyl (C=O) groups excluding carboxylic acids is 1. The van der Waals surface area contributed by atoms with Crippen LogP contribution in [0.4, 0.5) is 15.1 Å². The van der Waals surface area contributed by atoms with Gasteiger partial charge in [-0.2, -0.15) is 0 Å². The van der Waals surface area contributed by atoms with E-state index in [0.29, 0.717) is 31.2 Å². The lowest BCUT2D eigenvalue weighted by Gasteiger charge is -2.32. The lowest BCUT2D eigenvalue weighted by molar-refractivity contribution is 0.0932. The van der Waals surface area contributed by atoms with Gasteiger partial charge in [0.05, 0.1) is 17.6 Å². The van der Waals surface area contributed by atoms with Gasteiger partial charge < -0.3 is 19.9 Å². The van der Waals surface area contributed by atoms with E-state index in [2.05, 4.69) is 4.98 Å². The minimum Gasteiger partial charge on any atom is -0.450 e. The number of aromatic nitrogens is 2. The maximum Gasteiger partial charge on any atom is 0.409 e. The van der Waals surface area contributed by atoms with Crippen LogP contribution >= 0.6 is 0 Å². The van der Waals surface area contributed by atoms with Crippen LogP contribution in [0.25, 0.3) is 11.0 Å². The van der Waals surface area contributed by atoms with Crippen LogP contribution in [0.2, 0.25) is 0 Å². The lowest BCUT2D eigenvalue weighted by Crippen LogP contribution is -2.39. The zero-order valence-electron chi connectivity index (χ0n) is 12.5. The molecule has 0 bridgehead atoms. The molecule has 0 radical (unpaired) electrons. The van der Waals surface area contributed by atoms with Gasteiger partial charge in [0, 0.05) is 25.2 Å². The molecule has 1 saturated heterocycles. The number of carbonyl (C=O) groups is 1. The summed E-state index contributed by atoms with van der Waals surface area (Å²) in [7, 11) is 0. The number of ether oxygens (including phenoxy) is 1. The third kappa shape index (κ3) is 2.58. The number of nitrogens with two attached hydrogens (primary N) is 1. The highest BCUT2D eigenvalue weighted by molar-refractivity contribution is 5.78. The van der Waals surface area contributed by atoms with Crippen molar-refractivity contribution in [2.24, 2.45) is 0 Å². The van der Waals surface area contributed by atoms with Crippen molar-refractivity contribution in [2.75, 3.05) is 25.4 Å². The summed E-state index contributed by atoms with van der Waals surface area (Å²) in [4.78, 5) is 17.7. The van der Waals surface area contributed by atoms with Gasteiger partial charge in [0.25, 0.3) is 0 Å². The number of hydrogen-bond donors (Lipinski definition) is 1. The van der Waals surface area contributed by atoms with Crippen molar-refractivity contribution in [3.05, 3.63) is 24.0 Å². The molecule has 1 amide bonds. The van der Waals surface area contributed by atoms with Gasteiger partial charge in [-0.25, -0.2) is 14.2 Å². The number of halogens is 1. The van der Waals surface area contributed by atoms with Gasteiger partial charge in [0.1, 0.15) is 5.82 Å². The Balaban J connectivity index is 1.79. The van der Waals surface area contributed by atoms with Crippen LogP contribution in [0.15, 0.2) is 18.2 Å². The topological polar surface area (TPSA) is 73.4 Å². The molecule has 0 saturated carbocycles. The summed E-state index contributed by atoms with van der Waals surface area (Å²) < 4.78 is 20.2. The maximum absolute atomic E-state index is 13.3. The smallest absolute Gasteiger partial charge is 0.409 e. The van der Waals surface area contributed by atoms with E-state index in [0.717, 1.165) is 18.4 Å². The van der Waals surface area contributed by atoms with E-state index >= 15 is 0 Å². The average Bonchev–Trinajstić information content (AvgIpc) is 2.82. The van der Waals surface area contributed by atoms with E-state index < -0.39 is 0 Å². The Morgan fingerprint density at radius 2 is 2.18 bits per heavy atom. The molecule has 1 aromatic heterocycles. The second-order valence-corrected chi connectivity index (χ2v) is 5.39. The quantitative estimate of drug-likeness (QED) is 0.925. The highest BCUT2D eigenvalue weighted by Crippen LogP contribution is 2.30. The predicted octanol–water partition coefficient (Wildman–Crippen LogP) is 2.55. The standard InChI is InChI=1S/C15H19FN4O2/c1-2-22-15(21)19-7-5-11(6-8-19)20-13-4-3-10(16)9-12(13)18-14(20)17/h3-4,9,11H,2,5-8H2,1H3,(H2,17,18). The van der Waals surface area contributed by atoms with Crippen molar-refractivity contribution >= 4 is 23.1 Å². The zero-order valence-corrected chi connectivity index (χ0v) is 12.5. The fraction of sp³-hybridized carbons (Fsp3) is 0.467. The van der Waals surface area contributed by atoms with E-state index in [9.17, 15) is 9.18 Å². The number of hydrogen-bond acceptors (Lipinski definition) is 4. The fourth-order valence-corrected chi connectivity index (χ4v) is 3.00. The van der Waals surface area contributed by atoms with Gasteiger partial charge in [-0.05, 0) is 31.9 Å². The van der Waals surface area contributed by atoms with Crippen molar-refractivity contribution in [3.63, 3.8) is 0 Å². The van der Waals surface area contributed by atoms with Gasteiger partial charge in [-0.1, -0.05) is 0 Å². The summed E-state index contributed by atoms with van der Waals surface area (Å²) in [6, 6.07) is 4.65. The minimum absolute atomic E-state index is 0.154. The number of amides is 1. The first-order chi connectivity index (χ1) is 10.6. The van der Waals surface area contributed by atoms with Crippen molar-refractivity contribution in [1.82, 2.24) is 14.5 Å². The largest absolute Gasteiger partial charge is 0.450 e. The van der Waals surface area contributed by atoms with E-state index in [1.807, 2.05) is 4.57 Å². The molecule has 1 aromatic carbocycles. The highest BCUT2D eigenvalue weighted by Gasteiger charge is 2.26. The number of rotatable bonds is 2. The van der Waals surface area contributed by atoms with Crippen molar-refractivity contribution in [1.29, 1.82) is 0 Å². The number of imidazole rings is 1. The van der Waals surface area contributed by atoms with Crippen LogP contribution in [0.5, 0.6) is 0 Å². The first kappa shape index (κ1) is 14.6. The lowest BCUT2D eigenvalue weighted by atomic mass is 10.0. The number of likely N-dealkylation sites (tertiary alicyclic amines) is 1. The Labute approximate surface area is 127 Å². The monoisotopic (exact) mass is 306 g/mol. The SMILES string of the molecule is CCOC(=O)N1CCC(n2c(N)nc3cc(F)ccc32)CC1. The van der Waals surface area contributed by atoms with Crippen LogP contribution in [0.1, 0.15) is 25.8 Å². The summed E-state index contributed by atoms with van der Waals surface area (Å²) in [5, 5.41) is 0. The Kier molecular flexibility index (Phi) is 3.87. The highest BCUT2D eigenvalue weighted by atomic mass is 19.1. The molecule has 2 aromatic rings. The average molecular weight is 306 g/mol. The number of anilines is 1. The molecule has 2 N–H and O–H groups in total. The number of nitrogens with zero attached hydrogens (tertiary/aromatic N) is 3. The van der Waals surface area contributed by atoms with Crippen molar-refractivity contribution in [2.45, 2.75) is 25.8 Å². The molecule has 3 rings (SSSR count). The van der Waals surface area contributed by atoms with E-state index in [4.69, 9.17) is 10.5 Å². The Hall–Kier alpha value is -2.31. The summed E-state index contributed by atoms with van der Waals surface area (Å²) >= 11 is 0. The van der Waals surface area contributed by atoms with Crippen LogP contribution in [0.3, 0.4) is 0 Å². The number of fused-ring (bicyclic) bond motifs is 1. The van der Waals surface area contributed by atoms with Crippen LogP contribution in [-0.4, -0.2) is 40.2 Å². The molecule has 118 valence electrons. The van der Waals surface area contributed by atoms with Crippen LogP contribution < -0.4 is 5.73 Å². The number of piperidine rings is 1. The molecule has 1 aliphatic rings. The van der Waals surface area contributed by atoms with Crippen LogP contribution in [0, 0.1) is 5.82 Å². The molecule has 0 atom stereocenters. The first-order valence-corrected chi connectivity index (χ1v) is 7.44. The fourth-order valence-electron chi connectivity index (χ4n) is 3.00. The summed E-state index contributed by atoms with van der Waals surface area (Å²) in [5.41, 5.74) is 7.39. The van der Waals surface area contributed by atoms with Gasteiger partial charge >= 0.3 is 6.09 Å². The number of benzene rings is 1. The molecule has 0 aliphatic carbocycles. The minimum atomic E-state index is -0.325. The van der Waals surface area contributed by atoms with Crippen molar-refractivity contribution < 1.29 is 13.9 Å². The Bertz CT molecular complexity index is 692. The first-order valence-electron chi connectivity index (χ1n) is 7.44. The molecular formula is C15H19FN4O2. The molecule has 0 spiro atoms. The summed E-state index contributed by atoms with van der Waals surface area (Å²) in [5.74, 6) is 0.0597. The van der Waals surface area contributed by atoms with Gasteiger partial charge in [0.2, 0.25) is 5.95 Å². The summed E-state index contributed by atoms with van der Waals surface area (Å²) in [6.07, 6.45) is 1.27. The molecule has 1 aliphatic heterocycles. The Morgan fingerprint density at radius 3 is 2.86 bits per heavy atom. The second kappa shape index (κ2) is 5.82. The van der Waals surface area contributed by atoms with E-state index in [1.165, 1.54) is 12.1 Å². The second-order valence-electron chi connectivity index (χ2n) is 5.39. The third-order valence-electron chi connectivity index (χ3n) is 4.03. The molecule has 7 heteroatoms. The van der Waals surface area contributed by atoms with E-state index in [-0.39, 0.29) is 18.0 Å². The van der Waals surface area contributed by atoms with Gasteiger partial charge in [-0.3, -0.25) is 0 Å². The zero-order chi connectivity index (χ0) is 15.7. The van der Waals surface area contributed by atoms with Crippen LogP contribution in [-0.2, 0) is 4.74 Å². The predicted molar refractivity (Wildman–Crippen MR) is 81.0 cm³/mol. The number of nitrogen functional groups attached to an aromatic ring is 1. The molecular weight excluding hydrogens is 287 g/mol. The summed E-state index contributed by atoms with van der Waals surface area (Å²) in [6.45, 7) is 3.40. The maximum atomic E-state index is 13.3. The normalized spacial score (nSPS) is 16.2. The van der Waals surface area contributed by atoms with Crippen molar-refractivity contribution in [3.8, 4) is 0 Å². The third-order valence-corrected chi connectivity index (χ3v) is 4.03. The Morgan fingerprint density at radius 1 is 1.45 bits per heavy atom. The molecule has 2 heterocycles. The molecule has 1 fully saturated rings. The van der Waals surface area contributed by atoms with Gasteiger partial charge in [-0.15, -0.1) is 0 Å². The molecule has 22 heavy (non-hydrogen) atoms.